The van der Waals surface area contributed by atoms with Gasteiger partial charge in [0.05, 0.1) is 28.1 Å². The summed E-state index contributed by atoms with van der Waals surface area (Å²) in [6.07, 6.45) is 0. The highest BCUT2D eigenvalue weighted by atomic mass is 15.2. The maximum atomic E-state index is 2.59. The zero-order chi connectivity index (χ0) is 35.0. The van der Waals surface area contributed by atoms with Crippen molar-refractivity contribution < 1.29 is 0 Å². The molecule has 0 unspecified atom stereocenters. The molecule has 9 aromatic rings. The summed E-state index contributed by atoms with van der Waals surface area (Å²) in [5, 5.41) is 5.13. The largest absolute Gasteiger partial charge is 0.376 e. The molecule has 1 aromatic heterocycles. The van der Waals surface area contributed by atoms with Crippen molar-refractivity contribution in [1.82, 2.24) is 4.57 Å². The molecule has 3 aliphatic rings. The fourth-order valence-corrected chi connectivity index (χ4v) is 10.1. The third-order valence-corrected chi connectivity index (χ3v) is 12.3. The van der Waals surface area contributed by atoms with E-state index < -0.39 is 0 Å². The molecule has 0 fully saturated rings. The van der Waals surface area contributed by atoms with Gasteiger partial charge in [0.1, 0.15) is 0 Å². The van der Waals surface area contributed by atoms with E-state index >= 15 is 0 Å². The summed E-state index contributed by atoms with van der Waals surface area (Å²) in [6.45, 7) is 4.73. The summed E-state index contributed by atoms with van der Waals surface area (Å²) in [6, 6.07) is 63.3. The Morgan fingerprint density at radius 1 is 0.491 bits per heavy atom. The highest BCUT2D eigenvalue weighted by Crippen LogP contribution is 2.56. The van der Waals surface area contributed by atoms with Crippen molar-refractivity contribution in [2.24, 2.45) is 0 Å². The van der Waals surface area contributed by atoms with Crippen LogP contribution in [-0.4, -0.2) is 11.4 Å². The first-order valence-electron chi connectivity index (χ1n) is 18.7. The van der Waals surface area contributed by atoms with Crippen molar-refractivity contribution in [2.75, 3.05) is 9.71 Å². The lowest BCUT2D eigenvalue weighted by atomic mass is 9.44. The van der Waals surface area contributed by atoms with Gasteiger partial charge in [-0.25, -0.2) is 0 Å². The molecule has 8 aromatic carbocycles. The third-order valence-electron chi connectivity index (χ3n) is 12.3. The van der Waals surface area contributed by atoms with Gasteiger partial charge in [-0.2, -0.15) is 0 Å². The van der Waals surface area contributed by atoms with Crippen LogP contribution in [0.5, 0.6) is 0 Å². The summed E-state index contributed by atoms with van der Waals surface area (Å²) in [5.41, 5.74) is 17.6. The molecule has 3 aliphatic heterocycles. The van der Waals surface area contributed by atoms with Crippen LogP contribution in [-0.2, 0) is 5.41 Å². The van der Waals surface area contributed by atoms with Crippen LogP contribution in [0.1, 0.15) is 25.0 Å². The molecule has 0 radical (unpaired) electrons. The van der Waals surface area contributed by atoms with Gasteiger partial charge < -0.3 is 14.3 Å². The lowest BCUT2D eigenvalue weighted by molar-refractivity contribution is 0.632. The SMILES string of the molecule is CC1(C)c2ccccc2N(c2cc3c4c5c2c2c6ccccc6ccc2n5-c2ccccc2B4N(c2ccccc2)c2ccccc2-3)c2ccccc21. The molecule has 0 spiro atoms. The maximum Gasteiger partial charge on any atom is 0.333 e. The number of hydrogen-bond acceptors (Lipinski definition) is 2. The van der Waals surface area contributed by atoms with Gasteiger partial charge in [0.2, 0.25) is 0 Å². The van der Waals surface area contributed by atoms with Gasteiger partial charge in [0.25, 0.3) is 0 Å². The fourth-order valence-electron chi connectivity index (χ4n) is 10.1. The van der Waals surface area contributed by atoms with E-state index in [9.17, 15) is 0 Å². The quantitative estimate of drug-likeness (QED) is 0.169. The second-order valence-electron chi connectivity index (χ2n) is 15.3. The predicted octanol–water partition coefficient (Wildman–Crippen LogP) is 11.3. The number of rotatable bonds is 2. The topological polar surface area (TPSA) is 11.4 Å². The molecule has 0 N–H and O–H groups in total. The van der Waals surface area contributed by atoms with Crippen LogP contribution in [0, 0.1) is 0 Å². The highest BCUT2D eigenvalue weighted by Gasteiger charge is 2.46. The molecule has 0 aliphatic carbocycles. The Labute approximate surface area is 309 Å². The Morgan fingerprint density at radius 2 is 1.11 bits per heavy atom. The smallest absolute Gasteiger partial charge is 0.333 e. The van der Waals surface area contributed by atoms with E-state index in [1.807, 2.05) is 0 Å². The number of aromatic nitrogens is 1. The minimum Gasteiger partial charge on any atom is -0.376 e. The van der Waals surface area contributed by atoms with Crippen LogP contribution in [0.25, 0.3) is 49.4 Å². The number of anilines is 5. The van der Waals surface area contributed by atoms with Crippen LogP contribution < -0.4 is 20.6 Å². The van der Waals surface area contributed by atoms with Gasteiger partial charge in [-0.1, -0.05) is 135 Å². The second kappa shape index (κ2) is 10.3. The average molecular weight is 676 g/mol. The van der Waals surface area contributed by atoms with Crippen molar-refractivity contribution in [2.45, 2.75) is 19.3 Å². The van der Waals surface area contributed by atoms with Crippen molar-refractivity contribution in [3.8, 4) is 16.8 Å². The van der Waals surface area contributed by atoms with Gasteiger partial charge >= 0.3 is 6.85 Å². The molecular weight excluding hydrogens is 641 g/mol. The molecule has 12 rings (SSSR count). The first-order chi connectivity index (χ1) is 26.1. The van der Waals surface area contributed by atoms with Gasteiger partial charge in [-0.05, 0) is 86.9 Å². The molecule has 248 valence electrons. The molecule has 0 atom stereocenters. The van der Waals surface area contributed by atoms with E-state index in [-0.39, 0.29) is 12.3 Å². The van der Waals surface area contributed by atoms with Crippen LogP contribution in [0.3, 0.4) is 0 Å². The fraction of sp³-hybridized carbons (Fsp3) is 0.0612. The van der Waals surface area contributed by atoms with Crippen molar-refractivity contribution in [3.05, 3.63) is 181 Å². The first kappa shape index (κ1) is 29.1. The zero-order valence-corrected chi connectivity index (χ0v) is 29.6. The zero-order valence-electron chi connectivity index (χ0n) is 29.6. The molecule has 53 heavy (non-hydrogen) atoms. The molecule has 0 bridgehead atoms. The molecular formula is C49H34BN3. The highest BCUT2D eigenvalue weighted by molar-refractivity contribution is 6.93. The van der Waals surface area contributed by atoms with Crippen molar-refractivity contribution in [3.63, 3.8) is 0 Å². The Balaban J connectivity index is 1.33. The van der Waals surface area contributed by atoms with Gasteiger partial charge in [0, 0.05) is 38.8 Å². The van der Waals surface area contributed by atoms with Crippen LogP contribution >= 0.6 is 0 Å². The van der Waals surface area contributed by atoms with Crippen molar-refractivity contribution >= 4 is 78.8 Å². The van der Waals surface area contributed by atoms with E-state index in [1.54, 1.807) is 0 Å². The number of nitrogens with zero attached hydrogens (tertiary/aromatic N) is 3. The minimum atomic E-state index is -0.157. The van der Waals surface area contributed by atoms with Crippen LogP contribution in [0.4, 0.5) is 28.4 Å². The molecule has 4 heteroatoms. The predicted molar refractivity (Wildman–Crippen MR) is 224 cm³/mol. The van der Waals surface area contributed by atoms with Gasteiger partial charge in [0.15, 0.2) is 0 Å². The van der Waals surface area contributed by atoms with Crippen molar-refractivity contribution in [1.29, 1.82) is 0 Å². The Hall–Kier alpha value is -6.52. The second-order valence-corrected chi connectivity index (χ2v) is 15.3. The van der Waals surface area contributed by atoms with E-state index in [2.05, 4.69) is 198 Å². The molecule has 0 saturated heterocycles. The molecule has 0 amide bonds. The molecule has 4 heterocycles. The Bertz CT molecular complexity index is 2960. The normalized spacial score (nSPS) is 14.6. The van der Waals surface area contributed by atoms with E-state index in [0.29, 0.717) is 0 Å². The van der Waals surface area contributed by atoms with E-state index in [0.717, 1.165) is 0 Å². The van der Waals surface area contributed by atoms with Gasteiger partial charge in [-0.3, -0.25) is 0 Å². The first-order valence-corrected chi connectivity index (χ1v) is 18.7. The van der Waals surface area contributed by atoms with Gasteiger partial charge in [-0.15, -0.1) is 0 Å². The summed E-state index contributed by atoms with van der Waals surface area (Å²) < 4.78 is 2.59. The van der Waals surface area contributed by atoms with Crippen LogP contribution in [0.15, 0.2) is 170 Å². The summed E-state index contributed by atoms with van der Waals surface area (Å²) in [7, 11) is 0. The Kier molecular flexibility index (Phi) is 5.66. The maximum absolute atomic E-state index is 2.59. The van der Waals surface area contributed by atoms with Crippen LogP contribution in [0.2, 0.25) is 0 Å². The summed E-state index contributed by atoms with van der Waals surface area (Å²) in [5.74, 6) is 0. The lowest BCUT2D eigenvalue weighted by Gasteiger charge is -2.44. The third kappa shape index (κ3) is 3.65. The number of hydrogen-bond donors (Lipinski definition) is 0. The Morgan fingerprint density at radius 3 is 1.89 bits per heavy atom. The summed E-state index contributed by atoms with van der Waals surface area (Å²) in [4.78, 5) is 5.17. The van der Waals surface area contributed by atoms with E-state index in [1.165, 1.54) is 99.9 Å². The minimum absolute atomic E-state index is 0.0158. The van der Waals surface area contributed by atoms with E-state index in [4.69, 9.17) is 0 Å². The molecule has 0 saturated carbocycles. The molecule has 3 nitrogen and oxygen atoms in total. The number of fused-ring (bicyclic) bond motifs is 12. The lowest BCUT2D eigenvalue weighted by Crippen LogP contribution is -2.60. The number of para-hydroxylation sites is 5. The average Bonchev–Trinajstić information content (AvgIpc) is 3.57. The monoisotopic (exact) mass is 675 g/mol. The summed E-state index contributed by atoms with van der Waals surface area (Å²) >= 11 is 0. The standard InChI is InChI=1S/C49H34BN3/c1-49(2)36-21-9-13-25-40(36)51(41-26-14-10-22-37(41)49)44-30-35-34-20-8-12-24-39(34)53(32-17-4-3-5-18-32)50-38-23-11-15-27-42(38)52-43-29-28-31-16-6-7-19-33(31)45(43)46(44)48(52)47(35)50/h3-30H,1-2H3. The number of benzene rings is 8.